The molecule has 0 aliphatic heterocycles. The first kappa shape index (κ1) is 21.4. The molecule has 0 aliphatic rings. The third-order valence-electron chi connectivity index (χ3n) is 4.47. The fourth-order valence-corrected chi connectivity index (χ4v) is 4.09. The van der Waals surface area contributed by atoms with Crippen LogP contribution in [-0.2, 0) is 16.4 Å². The van der Waals surface area contributed by atoms with Gasteiger partial charge in [-0.2, -0.15) is 0 Å². The second-order valence-corrected chi connectivity index (χ2v) is 8.30. The number of hydrogen-bond donors (Lipinski definition) is 4. The van der Waals surface area contributed by atoms with Crippen LogP contribution in [0.1, 0.15) is 17.0 Å². The first-order valence-corrected chi connectivity index (χ1v) is 10.4. The molecule has 4 rings (SSSR count). The smallest absolute Gasteiger partial charge is 0.261 e. The zero-order valence-corrected chi connectivity index (χ0v) is 17.4. The van der Waals surface area contributed by atoms with Gasteiger partial charge >= 0.3 is 0 Å². The van der Waals surface area contributed by atoms with Crippen molar-refractivity contribution in [3.8, 4) is 0 Å². The highest BCUT2D eigenvalue weighted by atomic mass is 35.5. The lowest BCUT2D eigenvalue weighted by atomic mass is 10.1. The molecule has 0 radical (unpaired) electrons. The molecule has 0 spiro atoms. The lowest BCUT2D eigenvalue weighted by Crippen LogP contribution is -2.12. The number of amidine groups is 1. The molecule has 7 nitrogen and oxygen atoms in total. The third kappa shape index (κ3) is 4.61. The normalized spacial score (nSPS) is 11.1. The van der Waals surface area contributed by atoms with Crippen molar-refractivity contribution in [2.75, 3.05) is 4.72 Å². The summed E-state index contributed by atoms with van der Waals surface area (Å²) < 4.78 is 27.6. The minimum Gasteiger partial charge on any atom is -0.384 e. The molecule has 154 valence electrons. The van der Waals surface area contributed by atoms with E-state index in [9.17, 15) is 8.42 Å². The van der Waals surface area contributed by atoms with Crippen LogP contribution < -0.4 is 10.5 Å². The lowest BCUT2D eigenvalue weighted by Gasteiger charge is -2.07. The molecule has 0 amide bonds. The Bertz CT molecular complexity index is 1290. The number of nitrogens with one attached hydrogen (secondary N) is 3. The molecule has 1 aromatic heterocycles. The van der Waals surface area contributed by atoms with Crippen LogP contribution in [0, 0.1) is 5.41 Å². The van der Waals surface area contributed by atoms with E-state index in [-0.39, 0.29) is 23.1 Å². The van der Waals surface area contributed by atoms with Crippen LogP contribution >= 0.6 is 12.4 Å². The van der Waals surface area contributed by atoms with Gasteiger partial charge in [-0.3, -0.25) is 10.1 Å². The number of rotatable bonds is 6. The van der Waals surface area contributed by atoms with Crippen LogP contribution in [-0.4, -0.2) is 24.2 Å². The lowest BCUT2D eigenvalue weighted by molar-refractivity contribution is 0.601. The summed E-state index contributed by atoms with van der Waals surface area (Å²) in [5, 5.41) is 7.45. The van der Waals surface area contributed by atoms with E-state index in [1.54, 1.807) is 60.7 Å². The van der Waals surface area contributed by atoms with Crippen molar-refractivity contribution < 1.29 is 8.42 Å². The predicted octanol–water partition coefficient (Wildman–Crippen LogP) is 3.66. The maximum absolute atomic E-state index is 12.5. The second kappa shape index (κ2) is 8.56. The highest BCUT2D eigenvalue weighted by molar-refractivity contribution is 7.92. The number of anilines is 1. The van der Waals surface area contributed by atoms with Crippen molar-refractivity contribution in [3.63, 3.8) is 0 Å². The Labute approximate surface area is 180 Å². The van der Waals surface area contributed by atoms with E-state index >= 15 is 0 Å². The third-order valence-corrected chi connectivity index (χ3v) is 5.87. The van der Waals surface area contributed by atoms with Gasteiger partial charge in [0.1, 0.15) is 11.7 Å². The highest BCUT2D eigenvalue weighted by Gasteiger charge is 2.14. The molecule has 0 saturated carbocycles. The summed E-state index contributed by atoms with van der Waals surface area (Å²) in [6.45, 7) is 0. The molecule has 3 aromatic carbocycles. The molecule has 4 aromatic rings. The fraction of sp³-hybridized carbons (Fsp3) is 0.0476. The molecule has 0 bridgehead atoms. The van der Waals surface area contributed by atoms with E-state index in [1.165, 1.54) is 0 Å². The predicted molar refractivity (Wildman–Crippen MR) is 121 cm³/mol. The monoisotopic (exact) mass is 441 g/mol. The van der Waals surface area contributed by atoms with E-state index in [0.717, 1.165) is 16.9 Å². The standard InChI is InChI=1S/C21H19N5O2S.ClH/c22-21(23)15-8-6-14(7-9-15)12-20-24-18-11-10-16(13-19(18)25-20)26-29(27,28)17-4-2-1-3-5-17;/h1-11,13,26H,12H2,(H3,22,23)(H,24,25);1H. The van der Waals surface area contributed by atoms with Gasteiger partial charge in [-0.25, -0.2) is 13.4 Å². The molecule has 30 heavy (non-hydrogen) atoms. The quantitative estimate of drug-likeness (QED) is 0.269. The number of nitrogens with zero attached hydrogens (tertiary/aromatic N) is 1. The average molecular weight is 442 g/mol. The van der Waals surface area contributed by atoms with Gasteiger partial charge in [0.25, 0.3) is 10.0 Å². The Balaban J connectivity index is 0.00000256. The zero-order chi connectivity index (χ0) is 20.4. The Kier molecular flexibility index (Phi) is 6.09. The van der Waals surface area contributed by atoms with Gasteiger partial charge < -0.3 is 10.7 Å². The van der Waals surface area contributed by atoms with E-state index in [1.807, 2.05) is 12.1 Å². The van der Waals surface area contributed by atoms with Gasteiger partial charge in [0.2, 0.25) is 0 Å². The first-order valence-electron chi connectivity index (χ1n) is 8.90. The van der Waals surface area contributed by atoms with Gasteiger partial charge in [-0.1, -0.05) is 42.5 Å². The summed E-state index contributed by atoms with van der Waals surface area (Å²) in [5.74, 6) is 0.796. The molecular weight excluding hydrogens is 422 g/mol. The zero-order valence-electron chi connectivity index (χ0n) is 15.8. The molecule has 0 unspecified atom stereocenters. The molecule has 1 heterocycles. The number of fused-ring (bicyclic) bond motifs is 1. The van der Waals surface area contributed by atoms with Gasteiger partial charge in [0.15, 0.2) is 0 Å². The summed E-state index contributed by atoms with van der Waals surface area (Å²) in [6, 6.07) is 20.8. The number of benzene rings is 3. The highest BCUT2D eigenvalue weighted by Crippen LogP contribution is 2.21. The molecular formula is C21H20ClN5O2S. The van der Waals surface area contributed by atoms with E-state index in [2.05, 4.69) is 14.7 Å². The Morgan fingerprint density at radius 3 is 2.40 bits per heavy atom. The summed E-state index contributed by atoms with van der Waals surface area (Å²) >= 11 is 0. The van der Waals surface area contributed by atoms with Crippen LogP contribution in [0.25, 0.3) is 11.0 Å². The summed E-state index contributed by atoms with van der Waals surface area (Å²) in [7, 11) is -3.65. The summed E-state index contributed by atoms with van der Waals surface area (Å²) in [4.78, 5) is 8.02. The number of halogens is 1. The van der Waals surface area contributed by atoms with Crippen LogP contribution in [0.15, 0.2) is 77.7 Å². The SMILES string of the molecule is Cl.N=C(N)c1ccc(Cc2nc3cc(NS(=O)(=O)c4ccccc4)ccc3[nH]2)cc1. The average Bonchev–Trinajstić information content (AvgIpc) is 3.10. The maximum Gasteiger partial charge on any atom is 0.261 e. The van der Waals surface area contributed by atoms with Gasteiger partial charge in [-0.05, 0) is 35.9 Å². The molecule has 5 N–H and O–H groups in total. The molecule has 0 fully saturated rings. The van der Waals surface area contributed by atoms with Crippen molar-refractivity contribution in [2.45, 2.75) is 11.3 Å². The Hall–Kier alpha value is -3.36. The topological polar surface area (TPSA) is 125 Å². The Morgan fingerprint density at radius 1 is 1.03 bits per heavy atom. The largest absolute Gasteiger partial charge is 0.384 e. The summed E-state index contributed by atoms with van der Waals surface area (Å²) in [6.07, 6.45) is 0.581. The molecule has 9 heteroatoms. The number of H-pyrrole nitrogens is 1. The van der Waals surface area contributed by atoms with Crippen molar-refractivity contribution >= 4 is 45.0 Å². The number of nitrogen functional groups attached to an aromatic ring is 1. The number of aromatic amines is 1. The number of sulfonamides is 1. The molecule has 0 aliphatic carbocycles. The van der Waals surface area contributed by atoms with Gasteiger partial charge in [-0.15, -0.1) is 12.4 Å². The van der Waals surface area contributed by atoms with Gasteiger partial charge in [0.05, 0.1) is 21.6 Å². The fourth-order valence-electron chi connectivity index (χ4n) is 3.02. The van der Waals surface area contributed by atoms with E-state index in [0.29, 0.717) is 23.2 Å². The molecule has 0 saturated heterocycles. The Morgan fingerprint density at radius 2 is 1.73 bits per heavy atom. The van der Waals surface area contributed by atoms with Crippen LogP contribution in [0.4, 0.5) is 5.69 Å². The minimum absolute atomic E-state index is 0. The van der Waals surface area contributed by atoms with Crippen LogP contribution in [0.3, 0.4) is 0 Å². The minimum atomic E-state index is -3.65. The van der Waals surface area contributed by atoms with Crippen molar-refractivity contribution in [2.24, 2.45) is 5.73 Å². The molecule has 0 atom stereocenters. The summed E-state index contributed by atoms with van der Waals surface area (Å²) in [5.41, 5.74) is 9.13. The van der Waals surface area contributed by atoms with Crippen LogP contribution in [0.5, 0.6) is 0 Å². The van der Waals surface area contributed by atoms with E-state index in [4.69, 9.17) is 11.1 Å². The second-order valence-electron chi connectivity index (χ2n) is 6.62. The van der Waals surface area contributed by atoms with Crippen molar-refractivity contribution in [1.29, 1.82) is 5.41 Å². The van der Waals surface area contributed by atoms with Gasteiger partial charge in [0, 0.05) is 12.0 Å². The van der Waals surface area contributed by atoms with Crippen LogP contribution in [0.2, 0.25) is 0 Å². The number of nitrogens with two attached hydrogens (primary N) is 1. The van der Waals surface area contributed by atoms with E-state index < -0.39 is 10.0 Å². The number of aromatic nitrogens is 2. The number of hydrogen-bond acceptors (Lipinski definition) is 4. The van der Waals surface area contributed by atoms with Crippen molar-refractivity contribution in [3.05, 3.63) is 89.7 Å². The van der Waals surface area contributed by atoms with Crippen molar-refractivity contribution in [1.82, 2.24) is 9.97 Å². The maximum atomic E-state index is 12.5. The number of imidazole rings is 1. The first-order chi connectivity index (χ1) is 13.9.